The van der Waals surface area contributed by atoms with E-state index in [-0.39, 0.29) is 16.5 Å². The third-order valence-corrected chi connectivity index (χ3v) is 12.1. The maximum atomic E-state index is 7.08. The van der Waals surface area contributed by atoms with E-state index in [1.807, 2.05) is 11.8 Å². The standard InChI is InChI=1S/C28H37NOSSi/c1-22-17-19-25(20-18-22)31-27(30-32(5,6)28(2,3)4)26(24-15-11-8-12-16-24)29-21-23-13-9-7-10-14-23/h7-20,26-27,29H,21H2,1-6H3/t26-,27+/m1/s1. The molecule has 0 spiro atoms. The van der Waals surface area contributed by atoms with Crippen LogP contribution >= 0.6 is 11.8 Å². The lowest BCUT2D eigenvalue weighted by molar-refractivity contribution is 0.212. The molecule has 0 radical (unpaired) electrons. The molecule has 0 amide bonds. The zero-order valence-electron chi connectivity index (χ0n) is 20.3. The minimum atomic E-state index is -2.00. The zero-order valence-corrected chi connectivity index (χ0v) is 22.1. The molecule has 0 saturated carbocycles. The molecule has 2 atom stereocenters. The Morgan fingerprint density at radius 3 is 1.97 bits per heavy atom. The topological polar surface area (TPSA) is 21.3 Å². The Labute approximate surface area is 199 Å². The molecule has 4 heteroatoms. The van der Waals surface area contributed by atoms with E-state index >= 15 is 0 Å². The van der Waals surface area contributed by atoms with E-state index in [9.17, 15) is 0 Å². The fourth-order valence-corrected chi connectivity index (χ4v) is 6.17. The molecule has 0 unspecified atom stereocenters. The number of aryl methyl sites for hydroxylation is 1. The second-order valence-electron chi connectivity index (χ2n) is 9.93. The quantitative estimate of drug-likeness (QED) is 0.197. The van der Waals surface area contributed by atoms with Gasteiger partial charge in [0.05, 0.1) is 6.04 Å². The number of hydrogen-bond acceptors (Lipinski definition) is 3. The lowest BCUT2D eigenvalue weighted by atomic mass is 10.1. The Morgan fingerprint density at radius 2 is 1.41 bits per heavy atom. The smallest absolute Gasteiger partial charge is 0.193 e. The number of rotatable bonds is 9. The molecule has 32 heavy (non-hydrogen) atoms. The lowest BCUT2D eigenvalue weighted by Crippen LogP contribution is -2.46. The monoisotopic (exact) mass is 463 g/mol. The van der Waals surface area contributed by atoms with Gasteiger partial charge in [0.25, 0.3) is 0 Å². The molecule has 0 aromatic heterocycles. The Kier molecular flexibility index (Phi) is 8.40. The van der Waals surface area contributed by atoms with Crippen molar-refractivity contribution < 1.29 is 4.43 Å². The third-order valence-electron chi connectivity index (χ3n) is 6.29. The summed E-state index contributed by atoms with van der Waals surface area (Å²) in [5, 5.41) is 3.97. The van der Waals surface area contributed by atoms with Crippen LogP contribution in [0.1, 0.15) is 43.5 Å². The summed E-state index contributed by atoms with van der Waals surface area (Å²) in [7, 11) is -2.00. The molecule has 3 aromatic rings. The van der Waals surface area contributed by atoms with Crippen molar-refractivity contribution in [2.75, 3.05) is 0 Å². The van der Waals surface area contributed by atoms with E-state index < -0.39 is 8.32 Å². The second kappa shape index (κ2) is 10.8. The van der Waals surface area contributed by atoms with Crippen LogP contribution in [0.15, 0.2) is 89.8 Å². The summed E-state index contributed by atoms with van der Waals surface area (Å²) in [5.74, 6) is 0. The molecule has 2 nitrogen and oxygen atoms in total. The molecular weight excluding hydrogens is 426 g/mol. The van der Waals surface area contributed by atoms with Crippen LogP contribution in [0, 0.1) is 6.92 Å². The zero-order chi connectivity index (χ0) is 23.2. The van der Waals surface area contributed by atoms with Crippen molar-refractivity contribution in [3.05, 3.63) is 102 Å². The maximum absolute atomic E-state index is 7.08. The molecule has 0 fully saturated rings. The van der Waals surface area contributed by atoms with Crippen molar-refractivity contribution >= 4 is 20.1 Å². The summed E-state index contributed by atoms with van der Waals surface area (Å²) < 4.78 is 7.08. The molecule has 3 rings (SSSR count). The van der Waals surface area contributed by atoms with Crippen LogP contribution in [0.5, 0.6) is 0 Å². The van der Waals surface area contributed by atoms with Crippen molar-refractivity contribution in [3.63, 3.8) is 0 Å². The van der Waals surface area contributed by atoms with Crippen LogP contribution in [-0.2, 0) is 11.0 Å². The summed E-state index contributed by atoms with van der Waals surface area (Å²) in [5.41, 5.74) is 3.77. The van der Waals surface area contributed by atoms with Gasteiger partial charge < -0.3 is 9.74 Å². The number of hydrogen-bond donors (Lipinski definition) is 1. The first-order valence-corrected chi connectivity index (χ1v) is 15.2. The van der Waals surface area contributed by atoms with Crippen LogP contribution in [0.25, 0.3) is 0 Å². The maximum Gasteiger partial charge on any atom is 0.193 e. The first-order valence-electron chi connectivity index (χ1n) is 11.4. The summed E-state index contributed by atoms with van der Waals surface area (Å²) in [4.78, 5) is 1.24. The van der Waals surface area contributed by atoms with Gasteiger partial charge in [-0.2, -0.15) is 0 Å². The lowest BCUT2D eigenvalue weighted by Gasteiger charge is -2.41. The van der Waals surface area contributed by atoms with Gasteiger partial charge in [-0.25, -0.2) is 0 Å². The predicted octanol–water partition coefficient (Wildman–Crippen LogP) is 7.97. The van der Waals surface area contributed by atoms with Gasteiger partial charge in [0, 0.05) is 11.4 Å². The predicted molar refractivity (Wildman–Crippen MR) is 142 cm³/mol. The van der Waals surface area contributed by atoms with E-state index in [4.69, 9.17) is 4.43 Å². The van der Waals surface area contributed by atoms with Gasteiger partial charge in [-0.05, 0) is 48.3 Å². The molecule has 0 aliphatic heterocycles. The molecule has 0 bridgehead atoms. The highest BCUT2D eigenvalue weighted by Crippen LogP contribution is 2.42. The van der Waals surface area contributed by atoms with Crippen LogP contribution < -0.4 is 5.32 Å². The Bertz CT molecular complexity index is 952. The summed E-state index contributed by atoms with van der Waals surface area (Å²) >= 11 is 1.83. The minimum absolute atomic E-state index is 0.0373. The number of nitrogens with one attached hydrogen (secondary N) is 1. The van der Waals surface area contributed by atoms with Gasteiger partial charge in [0.1, 0.15) is 5.44 Å². The first-order chi connectivity index (χ1) is 15.2. The van der Waals surface area contributed by atoms with Crippen molar-refractivity contribution in [1.82, 2.24) is 5.32 Å². The fourth-order valence-electron chi connectivity index (χ4n) is 3.23. The summed E-state index contributed by atoms with van der Waals surface area (Å²) in [6.07, 6.45) is 0. The third kappa shape index (κ3) is 6.82. The largest absolute Gasteiger partial charge is 0.403 e. The van der Waals surface area contributed by atoms with E-state index in [2.05, 4.69) is 131 Å². The summed E-state index contributed by atoms with van der Waals surface area (Å²) in [6.45, 7) is 14.5. The minimum Gasteiger partial charge on any atom is -0.403 e. The first kappa shape index (κ1) is 24.8. The molecule has 0 heterocycles. The van der Waals surface area contributed by atoms with E-state index in [1.54, 1.807) is 0 Å². The van der Waals surface area contributed by atoms with Crippen LogP contribution in [0.2, 0.25) is 18.1 Å². The second-order valence-corrected chi connectivity index (χ2v) is 15.9. The van der Waals surface area contributed by atoms with Gasteiger partial charge in [0.15, 0.2) is 8.32 Å². The van der Waals surface area contributed by atoms with Crippen molar-refractivity contribution in [2.45, 2.75) is 68.7 Å². The SMILES string of the molecule is Cc1ccc(S[C@H](O[Si](C)(C)C(C)(C)C)[C@H](NCc2ccccc2)c2ccccc2)cc1. The van der Waals surface area contributed by atoms with E-state index in [1.165, 1.54) is 21.6 Å². The van der Waals surface area contributed by atoms with E-state index in [0.29, 0.717) is 0 Å². The van der Waals surface area contributed by atoms with Gasteiger partial charge in [-0.3, -0.25) is 0 Å². The van der Waals surface area contributed by atoms with Crippen LogP contribution in [-0.4, -0.2) is 13.8 Å². The normalized spacial score (nSPS) is 14.2. The Morgan fingerprint density at radius 1 is 0.844 bits per heavy atom. The number of thioether (sulfide) groups is 1. The van der Waals surface area contributed by atoms with Crippen molar-refractivity contribution in [2.24, 2.45) is 0 Å². The molecule has 0 aliphatic carbocycles. The van der Waals surface area contributed by atoms with Crippen LogP contribution in [0.4, 0.5) is 0 Å². The molecular formula is C28H37NOSSi. The fraction of sp³-hybridized carbons (Fsp3) is 0.357. The van der Waals surface area contributed by atoms with E-state index in [0.717, 1.165) is 6.54 Å². The Hall–Kier alpha value is -1.85. The molecule has 170 valence electrons. The average molecular weight is 464 g/mol. The average Bonchev–Trinajstić information content (AvgIpc) is 2.76. The summed E-state index contributed by atoms with van der Waals surface area (Å²) in [6, 6.07) is 30.2. The highest BCUT2D eigenvalue weighted by atomic mass is 32.2. The molecule has 0 saturated heterocycles. The highest BCUT2D eigenvalue weighted by molar-refractivity contribution is 7.99. The molecule has 1 N–H and O–H groups in total. The molecule has 0 aliphatic rings. The number of benzene rings is 3. The Balaban J connectivity index is 1.95. The van der Waals surface area contributed by atoms with Crippen LogP contribution in [0.3, 0.4) is 0 Å². The van der Waals surface area contributed by atoms with Gasteiger partial charge in [0.2, 0.25) is 0 Å². The van der Waals surface area contributed by atoms with Gasteiger partial charge in [-0.15, -0.1) is 0 Å². The van der Waals surface area contributed by atoms with Gasteiger partial charge in [-0.1, -0.05) is 111 Å². The van der Waals surface area contributed by atoms with Crippen molar-refractivity contribution in [1.29, 1.82) is 0 Å². The highest BCUT2D eigenvalue weighted by Gasteiger charge is 2.41. The molecule has 3 aromatic carbocycles. The van der Waals surface area contributed by atoms with Crippen molar-refractivity contribution in [3.8, 4) is 0 Å². The van der Waals surface area contributed by atoms with Gasteiger partial charge >= 0.3 is 0 Å².